The lowest BCUT2D eigenvalue weighted by Crippen LogP contribution is -2.47. The maximum absolute atomic E-state index is 9.38. The minimum Gasteiger partial charge on any atom is -0.497 e. The molecule has 1 aromatic carbocycles. The van der Waals surface area contributed by atoms with Gasteiger partial charge in [-0.3, -0.25) is 0 Å². The number of nitrogen functional groups attached to an aromatic ring is 1. The third-order valence-electron chi connectivity index (χ3n) is 5.39. The highest BCUT2D eigenvalue weighted by Gasteiger charge is 2.41. The predicted molar refractivity (Wildman–Crippen MR) is 96.9 cm³/mol. The summed E-state index contributed by atoms with van der Waals surface area (Å²) in [4.78, 5) is 10.3. The Hall–Kier alpha value is -2.85. The summed E-state index contributed by atoms with van der Waals surface area (Å²) in [6.07, 6.45) is 3.98. The minimum absolute atomic E-state index is 0.226. The fourth-order valence-electron chi connectivity index (χ4n) is 4.01. The van der Waals surface area contributed by atoms with Crippen molar-refractivity contribution >= 4 is 11.6 Å². The van der Waals surface area contributed by atoms with Crippen LogP contribution in [0.2, 0.25) is 0 Å². The van der Waals surface area contributed by atoms with E-state index in [-0.39, 0.29) is 11.4 Å². The largest absolute Gasteiger partial charge is 0.497 e. The molecule has 1 aromatic heterocycles. The molecule has 4 rings (SSSR count). The standard InChI is InChI=1S/C19H21N5O2/c1-25-14-2-3-16-13(10-14)4-9-26-19(16)5-7-24(8-6-19)18-15(11-20)17(21)22-12-23-18/h2-3,10,12H,4-9H2,1H3,(H2,21,22,23). The summed E-state index contributed by atoms with van der Waals surface area (Å²) in [6, 6.07) is 8.37. The zero-order valence-corrected chi connectivity index (χ0v) is 14.7. The third kappa shape index (κ3) is 2.63. The van der Waals surface area contributed by atoms with Crippen LogP contribution in [-0.4, -0.2) is 36.8 Å². The Balaban J connectivity index is 1.60. The number of benzene rings is 1. The molecule has 0 bridgehead atoms. The summed E-state index contributed by atoms with van der Waals surface area (Å²) in [5, 5.41) is 9.38. The molecule has 0 radical (unpaired) electrons. The number of hydrogen-bond acceptors (Lipinski definition) is 7. The van der Waals surface area contributed by atoms with E-state index in [1.165, 1.54) is 17.5 Å². The maximum Gasteiger partial charge on any atom is 0.152 e. The van der Waals surface area contributed by atoms with Crippen LogP contribution in [0.4, 0.5) is 11.6 Å². The van der Waals surface area contributed by atoms with Gasteiger partial charge in [-0.15, -0.1) is 0 Å². The van der Waals surface area contributed by atoms with Crippen LogP contribution in [0.1, 0.15) is 29.5 Å². The number of piperidine rings is 1. The number of aromatic nitrogens is 2. The summed E-state index contributed by atoms with van der Waals surface area (Å²) < 4.78 is 11.6. The lowest BCUT2D eigenvalue weighted by molar-refractivity contribution is -0.0767. The summed E-state index contributed by atoms with van der Waals surface area (Å²) in [5.74, 6) is 1.72. The summed E-state index contributed by atoms with van der Waals surface area (Å²) >= 11 is 0. The first kappa shape index (κ1) is 16.6. The van der Waals surface area contributed by atoms with E-state index in [2.05, 4.69) is 33.1 Å². The van der Waals surface area contributed by atoms with Crippen molar-refractivity contribution in [2.24, 2.45) is 0 Å². The summed E-state index contributed by atoms with van der Waals surface area (Å²) in [7, 11) is 1.69. The fraction of sp³-hybridized carbons (Fsp3) is 0.421. The molecule has 134 valence electrons. The number of nitriles is 1. The molecule has 7 heteroatoms. The van der Waals surface area contributed by atoms with Gasteiger partial charge in [0.05, 0.1) is 19.3 Å². The van der Waals surface area contributed by atoms with Crippen LogP contribution in [0.25, 0.3) is 0 Å². The first-order valence-corrected chi connectivity index (χ1v) is 8.74. The van der Waals surface area contributed by atoms with Crippen LogP contribution >= 0.6 is 0 Å². The van der Waals surface area contributed by atoms with E-state index in [4.69, 9.17) is 15.2 Å². The summed E-state index contributed by atoms with van der Waals surface area (Å²) in [6.45, 7) is 2.21. The Morgan fingerprint density at radius 3 is 2.85 bits per heavy atom. The molecule has 0 saturated carbocycles. The molecule has 2 aromatic rings. The monoisotopic (exact) mass is 351 g/mol. The van der Waals surface area contributed by atoms with Crippen LogP contribution in [0.3, 0.4) is 0 Å². The second-order valence-corrected chi connectivity index (χ2v) is 6.67. The lowest BCUT2D eigenvalue weighted by Gasteiger charge is -2.45. The zero-order valence-electron chi connectivity index (χ0n) is 14.7. The van der Waals surface area contributed by atoms with E-state index in [0.29, 0.717) is 18.0 Å². The molecule has 0 amide bonds. The van der Waals surface area contributed by atoms with Crippen molar-refractivity contribution in [2.45, 2.75) is 24.9 Å². The van der Waals surface area contributed by atoms with Crippen LogP contribution in [0.15, 0.2) is 24.5 Å². The van der Waals surface area contributed by atoms with E-state index < -0.39 is 0 Å². The Kier molecular flexibility index (Phi) is 4.13. The Labute approximate surface area is 152 Å². The van der Waals surface area contributed by atoms with Gasteiger partial charge < -0.3 is 20.1 Å². The van der Waals surface area contributed by atoms with Gasteiger partial charge in [-0.2, -0.15) is 5.26 Å². The van der Waals surface area contributed by atoms with Crippen molar-refractivity contribution in [3.63, 3.8) is 0 Å². The minimum atomic E-state index is -0.276. The van der Waals surface area contributed by atoms with Gasteiger partial charge in [0.2, 0.25) is 0 Å². The highest BCUT2D eigenvalue weighted by molar-refractivity contribution is 5.63. The molecule has 0 aliphatic carbocycles. The molecular formula is C19H21N5O2. The SMILES string of the molecule is COc1ccc2c(c1)CCOC21CCN(c2ncnc(N)c2C#N)CC1. The Bertz CT molecular complexity index is 869. The second kappa shape index (κ2) is 6.46. The van der Waals surface area contributed by atoms with Crippen LogP contribution in [0.5, 0.6) is 5.75 Å². The molecule has 1 fully saturated rings. The van der Waals surface area contributed by atoms with Gasteiger partial charge in [-0.25, -0.2) is 9.97 Å². The zero-order chi connectivity index (χ0) is 18.1. The van der Waals surface area contributed by atoms with E-state index in [9.17, 15) is 5.26 Å². The Morgan fingerprint density at radius 2 is 2.12 bits per heavy atom. The van der Waals surface area contributed by atoms with E-state index in [1.807, 2.05) is 6.07 Å². The smallest absolute Gasteiger partial charge is 0.152 e. The number of methoxy groups -OCH3 is 1. The second-order valence-electron chi connectivity index (χ2n) is 6.67. The van der Waals surface area contributed by atoms with Crippen LogP contribution in [0, 0.1) is 11.3 Å². The topological polar surface area (TPSA) is 97.3 Å². The van der Waals surface area contributed by atoms with Gasteiger partial charge >= 0.3 is 0 Å². The quantitative estimate of drug-likeness (QED) is 0.884. The molecule has 3 heterocycles. The van der Waals surface area contributed by atoms with Crippen molar-refractivity contribution < 1.29 is 9.47 Å². The van der Waals surface area contributed by atoms with Crippen molar-refractivity contribution in [1.29, 1.82) is 5.26 Å². The number of ether oxygens (including phenoxy) is 2. The average molecular weight is 351 g/mol. The van der Waals surface area contributed by atoms with Crippen molar-refractivity contribution in [3.8, 4) is 11.8 Å². The van der Waals surface area contributed by atoms with Gasteiger partial charge in [0, 0.05) is 13.1 Å². The first-order valence-electron chi connectivity index (χ1n) is 8.74. The number of hydrogen-bond donors (Lipinski definition) is 1. The maximum atomic E-state index is 9.38. The van der Waals surface area contributed by atoms with Gasteiger partial charge in [-0.1, -0.05) is 6.07 Å². The molecule has 7 nitrogen and oxygen atoms in total. The molecule has 0 atom stereocenters. The van der Waals surface area contributed by atoms with Crippen molar-refractivity contribution in [3.05, 3.63) is 41.2 Å². The molecule has 2 aliphatic heterocycles. The van der Waals surface area contributed by atoms with E-state index >= 15 is 0 Å². The van der Waals surface area contributed by atoms with E-state index in [1.54, 1.807) is 7.11 Å². The van der Waals surface area contributed by atoms with Gasteiger partial charge in [0.15, 0.2) is 5.82 Å². The molecule has 1 saturated heterocycles. The number of rotatable bonds is 2. The number of nitrogens with zero attached hydrogens (tertiary/aromatic N) is 4. The van der Waals surface area contributed by atoms with E-state index in [0.717, 1.165) is 38.1 Å². The van der Waals surface area contributed by atoms with Gasteiger partial charge in [0.25, 0.3) is 0 Å². The fourth-order valence-corrected chi connectivity index (χ4v) is 4.01. The molecule has 0 unspecified atom stereocenters. The van der Waals surface area contributed by atoms with Crippen molar-refractivity contribution in [1.82, 2.24) is 9.97 Å². The normalized spacial score (nSPS) is 18.2. The van der Waals surface area contributed by atoms with Gasteiger partial charge in [-0.05, 0) is 42.5 Å². The number of fused-ring (bicyclic) bond motifs is 2. The van der Waals surface area contributed by atoms with Crippen LogP contribution < -0.4 is 15.4 Å². The average Bonchev–Trinajstić information content (AvgIpc) is 2.68. The number of anilines is 2. The highest BCUT2D eigenvalue weighted by Crippen LogP contribution is 2.43. The molecule has 1 spiro atoms. The lowest BCUT2D eigenvalue weighted by atomic mass is 9.79. The molecule has 2 aliphatic rings. The summed E-state index contributed by atoms with van der Waals surface area (Å²) in [5.41, 5.74) is 8.45. The number of nitrogens with two attached hydrogens (primary N) is 1. The predicted octanol–water partition coefficient (Wildman–Crippen LogP) is 2.01. The highest BCUT2D eigenvalue weighted by atomic mass is 16.5. The third-order valence-corrected chi connectivity index (χ3v) is 5.39. The molecule has 2 N–H and O–H groups in total. The first-order chi connectivity index (χ1) is 12.7. The molecule has 26 heavy (non-hydrogen) atoms. The van der Waals surface area contributed by atoms with Crippen LogP contribution in [-0.2, 0) is 16.8 Å². The Morgan fingerprint density at radius 1 is 1.31 bits per heavy atom. The van der Waals surface area contributed by atoms with Crippen molar-refractivity contribution in [2.75, 3.05) is 37.4 Å². The molecular weight excluding hydrogens is 330 g/mol. The van der Waals surface area contributed by atoms with Gasteiger partial charge in [0.1, 0.15) is 29.5 Å².